The first kappa shape index (κ1) is 15.7. The molecule has 0 aliphatic rings. The lowest BCUT2D eigenvalue weighted by Gasteiger charge is -2.22. The summed E-state index contributed by atoms with van der Waals surface area (Å²) in [5.41, 5.74) is 1.01. The van der Waals surface area contributed by atoms with Gasteiger partial charge in [0, 0.05) is 10.3 Å². The first-order chi connectivity index (χ1) is 10.2. The zero-order valence-electron chi connectivity index (χ0n) is 12.8. The second kappa shape index (κ2) is 7.33. The van der Waals surface area contributed by atoms with E-state index in [1.54, 1.807) is 32.7 Å². The van der Waals surface area contributed by atoms with Crippen molar-refractivity contribution < 1.29 is 14.2 Å². The van der Waals surface area contributed by atoms with E-state index >= 15 is 0 Å². The highest BCUT2D eigenvalue weighted by atomic mass is 32.1. The van der Waals surface area contributed by atoms with Crippen LogP contribution in [0.1, 0.15) is 23.4 Å². The van der Waals surface area contributed by atoms with E-state index in [0.29, 0.717) is 0 Å². The van der Waals surface area contributed by atoms with Gasteiger partial charge in [0.15, 0.2) is 0 Å². The lowest BCUT2D eigenvalue weighted by atomic mass is 10.0. The molecule has 1 aromatic carbocycles. The number of hydrogen-bond acceptors (Lipinski definition) is 5. The van der Waals surface area contributed by atoms with E-state index < -0.39 is 0 Å². The zero-order valence-corrected chi connectivity index (χ0v) is 13.6. The fourth-order valence-corrected chi connectivity index (χ4v) is 3.24. The highest BCUT2D eigenvalue weighted by molar-refractivity contribution is 7.10. The molecule has 1 unspecified atom stereocenters. The summed E-state index contributed by atoms with van der Waals surface area (Å²) < 4.78 is 16.3. The standard InChI is InChI=1S/C16H21NO3S/c1-5-17-16(14-9-11(18-2)10-21-14)15-12(19-3)7-6-8-13(15)20-4/h6-10,16-17H,5H2,1-4H3. The van der Waals surface area contributed by atoms with E-state index in [2.05, 4.69) is 12.2 Å². The highest BCUT2D eigenvalue weighted by Gasteiger charge is 2.23. The minimum absolute atomic E-state index is 0.00926. The molecule has 2 rings (SSSR count). The number of thiophene rings is 1. The average molecular weight is 307 g/mol. The van der Waals surface area contributed by atoms with Gasteiger partial charge in [0.2, 0.25) is 0 Å². The number of hydrogen-bond donors (Lipinski definition) is 1. The SMILES string of the molecule is CCNC(c1cc(OC)cs1)c1c(OC)cccc1OC. The first-order valence-corrected chi connectivity index (χ1v) is 7.69. The molecule has 0 saturated carbocycles. The summed E-state index contributed by atoms with van der Waals surface area (Å²) in [6, 6.07) is 7.89. The first-order valence-electron chi connectivity index (χ1n) is 6.81. The van der Waals surface area contributed by atoms with Crippen molar-refractivity contribution in [3.8, 4) is 17.2 Å². The van der Waals surface area contributed by atoms with Crippen LogP contribution in [-0.2, 0) is 0 Å². The molecule has 0 bridgehead atoms. The number of nitrogens with one attached hydrogen (secondary N) is 1. The van der Waals surface area contributed by atoms with Gasteiger partial charge < -0.3 is 19.5 Å². The van der Waals surface area contributed by atoms with Crippen LogP contribution in [0.25, 0.3) is 0 Å². The Bertz CT molecular complexity index is 560. The summed E-state index contributed by atoms with van der Waals surface area (Å²) in [6.45, 7) is 2.92. The Balaban J connectivity index is 2.51. The molecule has 0 fully saturated rings. The predicted molar refractivity (Wildman–Crippen MR) is 85.9 cm³/mol. The lowest BCUT2D eigenvalue weighted by Crippen LogP contribution is -2.22. The van der Waals surface area contributed by atoms with Crippen LogP contribution in [0.4, 0.5) is 0 Å². The maximum Gasteiger partial charge on any atom is 0.129 e. The largest absolute Gasteiger partial charge is 0.496 e. The van der Waals surface area contributed by atoms with Crippen LogP contribution < -0.4 is 19.5 Å². The van der Waals surface area contributed by atoms with Crippen molar-refractivity contribution in [2.24, 2.45) is 0 Å². The van der Waals surface area contributed by atoms with Crippen molar-refractivity contribution in [3.63, 3.8) is 0 Å². The molecule has 4 nitrogen and oxygen atoms in total. The highest BCUT2D eigenvalue weighted by Crippen LogP contribution is 2.40. The normalized spacial score (nSPS) is 12.0. The third-order valence-corrected chi connectivity index (χ3v) is 4.25. The van der Waals surface area contributed by atoms with E-state index in [1.165, 1.54) is 0 Å². The molecule has 21 heavy (non-hydrogen) atoms. The van der Waals surface area contributed by atoms with Crippen LogP contribution >= 0.6 is 11.3 Å². The fraction of sp³-hybridized carbons (Fsp3) is 0.375. The molecule has 5 heteroatoms. The van der Waals surface area contributed by atoms with E-state index in [0.717, 1.165) is 34.2 Å². The van der Waals surface area contributed by atoms with Crippen molar-refractivity contribution in [1.82, 2.24) is 5.32 Å². The van der Waals surface area contributed by atoms with Crippen molar-refractivity contribution in [2.45, 2.75) is 13.0 Å². The van der Waals surface area contributed by atoms with Gasteiger partial charge >= 0.3 is 0 Å². The van der Waals surface area contributed by atoms with Crippen molar-refractivity contribution in [1.29, 1.82) is 0 Å². The van der Waals surface area contributed by atoms with Crippen LogP contribution in [0, 0.1) is 0 Å². The third kappa shape index (κ3) is 3.31. The van der Waals surface area contributed by atoms with Crippen molar-refractivity contribution >= 4 is 11.3 Å². The quantitative estimate of drug-likeness (QED) is 0.850. The minimum Gasteiger partial charge on any atom is -0.496 e. The fourth-order valence-electron chi connectivity index (χ4n) is 2.31. The number of methoxy groups -OCH3 is 3. The van der Waals surface area contributed by atoms with Crippen LogP contribution in [0.15, 0.2) is 29.6 Å². The molecule has 1 heterocycles. The van der Waals surface area contributed by atoms with Crippen LogP contribution in [0.3, 0.4) is 0 Å². The molecule has 0 amide bonds. The van der Waals surface area contributed by atoms with E-state index in [4.69, 9.17) is 14.2 Å². The van der Waals surface area contributed by atoms with E-state index in [-0.39, 0.29) is 6.04 Å². The lowest BCUT2D eigenvalue weighted by molar-refractivity contribution is 0.377. The van der Waals surface area contributed by atoms with Gasteiger partial charge in [-0.2, -0.15) is 0 Å². The van der Waals surface area contributed by atoms with Gasteiger partial charge in [-0.15, -0.1) is 11.3 Å². The topological polar surface area (TPSA) is 39.7 Å². The van der Waals surface area contributed by atoms with Crippen molar-refractivity contribution in [2.75, 3.05) is 27.9 Å². The van der Waals surface area contributed by atoms with Gasteiger partial charge in [-0.05, 0) is 24.7 Å². The summed E-state index contributed by atoms with van der Waals surface area (Å²) >= 11 is 1.66. The maximum atomic E-state index is 5.52. The van der Waals surface area contributed by atoms with Gasteiger partial charge in [-0.25, -0.2) is 0 Å². The van der Waals surface area contributed by atoms with Gasteiger partial charge in [0.25, 0.3) is 0 Å². The molecule has 0 radical (unpaired) electrons. The van der Waals surface area contributed by atoms with Crippen LogP contribution in [-0.4, -0.2) is 27.9 Å². The molecule has 1 atom stereocenters. The summed E-state index contributed by atoms with van der Waals surface area (Å²) in [4.78, 5) is 1.16. The summed E-state index contributed by atoms with van der Waals surface area (Å²) in [6.07, 6.45) is 0. The Kier molecular flexibility index (Phi) is 5.47. The Morgan fingerprint density at radius 2 is 1.76 bits per heavy atom. The van der Waals surface area contributed by atoms with Gasteiger partial charge in [-0.1, -0.05) is 13.0 Å². The molecule has 1 N–H and O–H groups in total. The van der Waals surface area contributed by atoms with Gasteiger partial charge in [0.05, 0.1) is 32.9 Å². The van der Waals surface area contributed by atoms with Crippen molar-refractivity contribution in [3.05, 3.63) is 40.1 Å². The van der Waals surface area contributed by atoms with Crippen LogP contribution in [0.2, 0.25) is 0 Å². The monoisotopic (exact) mass is 307 g/mol. The molecule has 0 saturated heterocycles. The Morgan fingerprint density at radius 1 is 1.10 bits per heavy atom. The molecule has 0 aliphatic carbocycles. The molecular formula is C16H21NO3S. The van der Waals surface area contributed by atoms with E-state index in [1.807, 2.05) is 29.6 Å². The second-order valence-electron chi connectivity index (χ2n) is 4.46. The predicted octanol–water partition coefficient (Wildman–Crippen LogP) is 3.47. The number of rotatable bonds is 7. The Hall–Kier alpha value is -1.72. The van der Waals surface area contributed by atoms with E-state index in [9.17, 15) is 0 Å². The molecule has 2 aromatic rings. The Labute approximate surface area is 129 Å². The summed E-state index contributed by atoms with van der Waals surface area (Å²) in [7, 11) is 5.03. The maximum absolute atomic E-state index is 5.52. The summed E-state index contributed by atoms with van der Waals surface area (Å²) in [5.74, 6) is 2.49. The van der Waals surface area contributed by atoms with Crippen LogP contribution in [0.5, 0.6) is 17.2 Å². The molecule has 1 aromatic heterocycles. The average Bonchev–Trinajstić information content (AvgIpc) is 3.00. The smallest absolute Gasteiger partial charge is 0.129 e. The second-order valence-corrected chi connectivity index (χ2v) is 5.40. The molecular weight excluding hydrogens is 286 g/mol. The van der Waals surface area contributed by atoms with Gasteiger partial charge in [-0.3, -0.25) is 0 Å². The van der Waals surface area contributed by atoms with Gasteiger partial charge in [0.1, 0.15) is 17.2 Å². The number of ether oxygens (including phenoxy) is 3. The molecule has 114 valence electrons. The number of benzene rings is 1. The third-order valence-electron chi connectivity index (χ3n) is 3.28. The zero-order chi connectivity index (χ0) is 15.2. The minimum atomic E-state index is 0.00926. The molecule has 0 spiro atoms. The Morgan fingerprint density at radius 3 is 2.24 bits per heavy atom. The molecule has 0 aliphatic heterocycles. The summed E-state index contributed by atoms with van der Waals surface area (Å²) in [5, 5.41) is 5.50.